The Morgan fingerprint density at radius 3 is 3.12 bits per heavy atom. The van der Waals surface area contributed by atoms with E-state index in [1.807, 2.05) is 6.92 Å². The minimum absolute atomic E-state index is 0.106. The van der Waals surface area contributed by atoms with E-state index < -0.39 is 0 Å². The van der Waals surface area contributed by atoms with Gasteiger partial charge >= 0.3 is 5.97 Å². The Balaban J connectivity index is 2.01. The molecule has 0 radical (unpaired) electrons. The number of amides is 1. The van der Waals surface area contributed by atoms with Crippen LogP contribution in [0.2, 0.25) is 0 Å². The maximum absolute atomic E-state index is 11.6. The lowest BCUT2D eigenvalue weighted by molar-refractivity contribution is -0.151. The van der Waals surface area contributed by atoms with Crippen LogP contribution >= 0.6 is 0 Å². The summed E-state index contributed by atoms with van der Waals surface area (Å²) in [6, 6.07) is 0. The van der Waals surface area contributed by atoms with Gasteiger partial charge in [-0.1, -0.05) is 12.2 Å². The van der Waals surface area contributed by atoms with Gasteiger partial charge in [0.05, 0.1) is 13.0 Å². The molecule has 4 nitrogen and oxygen atoms in total. The van der Waals surface area contributed by atoms with Gasteiger partial charge < -0.3 is 10.1 Å². The summed E-state index contributed by atoms with van der Waals surface area (Å²) in [6.45, 7) is 2.80. The Labute approximate surface area is 101 Å². The van der Waals surface area contributed by atoms with Gasteiger partial charge in [0.2, 0.25) is 6.41 Å². The summed E-state index contributed by atoms with van der Waals surface area (Å²) in [7, 11) is 0. The molecule has 4 heteroatoms. The quantitative estimate of drug-likeness (QED) is 0.430. The van der Waals surface area contributed by atoms with Crippen molar-refractivity contribution in [2.75, 3.05) is 13.2 Å². The van der Waals surface area contributed by atoms with Crippen molar-refractivity contribution < 1.29 is 14.3 Å². The van der Waals surface area contributed by atoms with Gasteiger partial charge in [0.25, 0.3) is 0 Å². The van der Waals surface area contributed by atoms with Gasteiger partial charge in [-0.2, -0.15) is 0 Å². The van der Waals surface area contributed by atoms with Crippen LogP contribution < -0.4 is 5.32 Å². The van der Waals surface area contributed by atoms with E-state index in [9.17, 15) is 9.59 Å². The van der Waals surface area contributed by atoms with E-state index in [4.69, 9.17) is 4.74 Å². The minimum Gasteiger partial charge on any atom is -0.466 e. The number of carbonyl (C=O) groups is 2. The van der Waals surface area contributed by atoms with E-state index >= 15 is 0 Å². The first-order chi connectivity index (χ1) is 8.22. The molecule has 2 aliphatic carbocycles. The second-order valence-corrected chi connectivity index (χ2v) is 5.00. The van der Waals surface area contributed by atoms with Crippen molar-refractivity contribution in [3.05, 3.63) is 12.2 Å². The molecule has 2 rings (SSSR count). The van der Waals surface area contributed by atoms with Crippen LogP contribution in [0.1, 0.15) is 26.2 Å². The number of rotatable bonds is 6. The van der Waals surface area contributed by atoms with Crippen molar-refractivity contribution in [2.45, 2.75) is 26.2 Å². The first-order valence-corrected chi connectivity index (χ1v) is 6.21. The summed E-state index contributed by atoms with van der Waals surface area (Å²) in [6.07, 6.45) is 7.61. The topological polar surface area (TPSA) is 55.4 Å². The molecule has 1 amide bonds. The molecular formula is C13H19NO3. The van der Waals surface area contributed by atoms with Crippen molar-refractivity contribution in [2.24, 2.45) is 17.3 Å². The van der Waals surface area contributed by atoms with E-state index in [0.717, 1.165) is 12.8 Å². The molecule has 0 heterocycles. The zero-order chi connectivity index (χ0) is 12.3. The zero-order valence-electron chi connectivity index (χ0n) is 10.1. The summed E-state index contributed by atoms with van der Waals surface area (Å²) in [4.78, 5) is 22.1. The number of allylic oxidation sites excluding steroid dienone is 2. The van der Waals surface area contributed by atoms with Gasteiger partial charge in [0.1, 0.15) is 0 Å². The van der Waals surface area contributed by atoms with E-state index in [2.05, 4.69) is 17.5 Å². The number of ether oxygens (including phenoxy) is 1. The van der Waals surface area contributed by atoms with Gasteiger partial charge in [0, 0.05) is 12.0 Å². The molecule has 0 bridgehead atoms. The molecule has 3 unspecified atom stereocenters. The van der Waals surface area contributed by atoms with Crippen LogP contribution in [0.3, 0.4) is 0 Å². The third-order valence-electron chi connectivity index (χ3n) is 4.01. The number of nitrogens with one attached hydrogen (secondary N) is 1. The first kappa shape index (κ1) is 12.1. The largest absolute Gasteiger partial charge is 0.466 e. The van der Waals surface area contributed by atoms with Crippen LogP contribution in [0.5, 0.6) is 0 Å². The van der Waals surface area contributed by atoms with Crippen LogP contribution in [-0.2, 0) is 14.3 Å². The Kier molecular flexibility index (Phi) is 3.50. The zero-order valence-corrected chi connectivity index (χ0v) is 10.1. The summed E-state index contributed by atoms with van der Waals surface area (Å²) >= 11 is 0. The van der Waals surface area contributed by atoms with Gasteiger partial charge in [-0.05, 0) is 31.6 Å². The van der Waals surface area contributed by atoms with Gasteiger partial charge in [-0.15, -0.1) is 0 Å². The maximum Gasteiger partial charge on any atom is 0.306 e. The fraction of sp³-hybridized carbons (Fsp3) is 0.692. The van der Waals surface area contributed by atoms with Crippen LogP contribution in [0.15, 0.2) is 12.2 Å². The lowest BCUT2D eigenvalue weighted by Gasteiger charge is -2.52. The van der Waals surface area contributed by atoms with Gasteiger partial charge in [-0.3, -0.25) is 9.59 Å². The molecule has 2 aliphatic rings. The fourth-order valence-corrected chi connectivity index (χ4v) is 3.30. The predicted octanol–water partition coefficient (Wildman–Crippen LogP) is 1.27. The highest BCUT2D eigenvalue weighted by Crippen LogP contribution is 2.57. The van der Waals surface area contributed by atoms with E-state index in [1.54, 1.807) is 0 Å². The lowest BCUT2D eigenvalue weighted by Crippen LogP contribution is -2.52. The van der Waals surface area contributed by atoms with E-state index in [-0.39, 0.29) is 11.4 Å². The molecule has 1 saturated carbocycles. The van der Waals surface area contributed by atoms with Crippen LogP contribution in [0, 0.1) is 17.3 Å². The molecule has 0 aromatic heterocycles. The first-order valence-electron chi connectivity index (χ1n) is 6.21. The maximum atomic E-state index is 11.6. The molecule has 3 atom stereocenters. The molecule has 0 aromatic rings. The highest BCUT2D eigenvalue weighted by Gasteiger charge is 2.54. The highest BCUT2D eigenvalue weighted by molar-refractivity contribution is 5.71. The number of hydrogen-bond donors (Lipinski definition) is 1. The second-order valence-electron chi connectivity index (χ2n) is 5.00. The molecular weight excluding hydrogens is 218 g/mol. The Bertz CT molecular complexity index is 340. The SMILES string of the molecule is CCOC(=O)CC1(CNC=O)CC2CC=CC21. The molecule has 94 valence electrons. The van der Waals surface area contributed by atoms with Crippen LogP contribution in [0.25, 0.3) is 0 Å². The molecule has 0 aliphatic heterocycles. The highest BCUT2D eigenvalue weighted by atomic mass is 16.5. The molecule has 1 fully saturated rings. The molecule has 17 heavy (non-hydrogen) atoms. The van der Waals surface area contributed by atoms with Crippen molar-refractivity contribution in [1.82, 2.24) is 5.32 Å². The predicted molar refractivity (Wildman–Crippen MR) is 63.1 cm³/mol. The normalized spacial score (nSPS) is 33.7. The number of hydrogen-bond acceptors (Lipinski definition) is 3. The van der Waals surface area contributed by atoms with Crippen molar-refractivity contribution in [3.63, 3.8) is 0 Å². The molecule has 0 saturated heterocycles. The molecule has 1 N–H and O–H groups in total. The lowest BCUT2D eigenvalue weighted by atomic mass is 9.53. The average molecular weight is 237 g/mol. The monoisotopic (exact) mass is 237 g/mol. The van der Waals surface area contributed by atoms with Crippen molar-refractivity contribution in [3.8, 4) is 0 Å². The Morgan fingerprint density at radius 1 is 1.65 bits per heavy atom. The average Bonchev–Trinajstić information content (AvgIpc) is 2.67. The standard InChI is InChI=1S/C13H19NO3/c1-2-17-12(16)7-13(8-14-9-15)6-10-4-3-5-11(10)13/h3,5,9-11H,2,4,6-8H2,1H3,(H,14,15). The Hall–Kier alpha value is -1.32. The fourth-order valence-electron chi connectivity index (χ4n) is 3.30. The smallest absolute Gasteiger partial charge is 0.306 e. The van der Waals surface area contributed by atoms with Gasteiger partial charge in [-0.25, -0.2) is 0 Å². The second kappa shape index (κ2) is 4.90. The minimum atomic E-state index is -0.154. The van der Waals surface area contributed by atoms with E-state index in [1.165, 1.54) is 0 Å². The summed E-state index contributed by atoms with van der Waals surface area (Å²) in [5.41, 5.74) is -0.106. The van der Waals surface area contributed by atoms with E-state index in [0.29, 0.717) is 37.8 Å². The van der Waals surface area contributed by atoms with Crippen molar-refractivity contribution in [1.29, 1.82) is 0 Å². The van der Waals surface area contributed by atoms with Crippen molar-refractivity contribution >= 4 is 12.4 Å². The summed E-state index contributed by atoms with van der Waals surface area (Å²) in [5, 5.41) is 2.73. The molecule has 0 aromatic carbocycles. The Morgan fingerprint density at radius 2 is 2.47 bits per heavy atom. The number of fused-ring (bicyclic) bond motifs is 1. The van der Waals surface area contributed by atoms with Crippen LogP contribution in [-0.4, -0.2) is 25.5 Å². The summed E-state index contributed by atoms with van der Waals surface area (Å²) < 4.78 is 5.02. The third kappa shape index (κ3) is 2.21. The number of esters is 1. The molecule has 0 spiro atoms. The third-order valence-corrected chi connectivity index (χ3v) is 4.01. The number of carbonyl (C=O) groups excluding carboxylic acids is 2. The summed E-state index contributed by atoms with van der Waals surface area (Å²) in [5.74, 6) is 0.941. The van der Waals surface area contributed by atoms with Gasteiger partial charge in [0.15, 0.2) is 0 Å². The van der Waals surface area contributed by atoms with Crippen LogP contribution in [0.4, 0.5) is 0 Å².